The van der Waals surface area contributed by atoms with E-state index in [0.717, 1.165) is 0 Å². The number of aromatic amines is 1. The molecule has 1 saturated carbocycles. The first-order valence-electron chi connectivity index (χ1n) is 5.05. The zero-order valence-electron chi connectivity index (χ0n) is 8.10. The number of carboxylic acid groups (broad SMARTS) is 1. The molecule has 0 aliphatic heterocycles. The maximum absolute atomic E-state index is 10.7. The fourth-order valence-corrected chi connectivity index (χ4v) is 1.93. The molecule has 1 aliphatic rings. The average molecular weight is 205 g/mol. The third-order valence-corrected chi connectivity index (χ3v) is 3.03. The van der Waals surface area contributed by atoms with Gasteiger partial charge in [-0.3, -0.25) is 5.10 Å². The Balaban J connectivity index is 2.01. The number of carbonyl (C=O) groups is 1. The number of aromatic carboxylic acids is 1. The second-order valence-corrected chi connectivity index (χ2v) is 4.00. The van der Waals surface area contributed by atoms with Crippen molar-refractivity contribution in [2.75, 3.05) is 0 Å². The summed E-state index contributed by atoms with van der Waals surface area (Å²) in [7, 11) is 0. The Morgan fingerprint density at radius 1 is 1.60 bits per heavy atom. The number of hydrogen-bond donors (Lipinski definition) is 2. The minimum Gasteiger partial charge on any atom is -0.476 e. The van der Waals surface area contributed by atoms with E-state index in [1.807, 2.05) is 6.07 Å². The van der Waals surface area contributed by atoms with Crippen molar-refractivity contribution in [3.05, 3.63) is 23.7 Å². The molecule has 0 saturated heterocycles. The van der Waals surface area contributed by atoms with E-state index < -0.39 is 5.97 Å². The average Bonchev–Trinajstić information content (AvgIpc) is 2.56. The summed E-state index contributed by atoms with van der Waals surface area (Å²) in [5, 5.41) is 11.9. The zero-order valence-corrected chi connectivity index (χ0v) is 8.10. The highest BCUT2D eigenvalue weighted by Crippen LogP contribution is 2.35. The molecule has 0 atom stereocenters. The highest BCUT2D eigenvalue weighted by atomic mass is 16.4. The normalized spacial score (nSPS) is 16.8. The van der Waals surface area contributed by atoms with Gasteiger partial charge in [0.05, 0.1) is 6.20 Å². The van der Waals surface area contributed by atoms with Crippen molar-refractivity contribution < 1.29 is 9.90 Å². The summed E-state index contributed by atoms with van der Waals surface area (Å²) in [6.45, 7) is 0. The highest BCUT2D eigenvalue weighted by molar-refractivity contribution is 5.86. The summed E-state index contributed by atoms with van der Waals surface area (Å²) in [5.74, 6) is -0.378. The van der Waals surface area contributed by atoms with Gasteiger partial charge >= 0.3 is 5.97 Å². The molecule has 78 valence electrons. The van der Waals surface area contributed by atoms with Gasteiger partial charge < -0.3 is 5.11 Å². The van der Waals surface area contributed by atoms with Gasteiger partial charge in [0, 0.05) is 17.7 Å². The summed E-state index contributed by atoms with van der Waals surface area (Å²) < 4.78 is 1.68. The van der Waals surface area contributed by atoms with Crippen LogP contribution in [0.4, 0.5) is 0 Å². The van der Waals surface area contributed by atoms with Gasteiger partial charge in [-0.2, -0.15) is 0 Å². The van der Waals surface area contributed by atoms with Crippen LogP contribution in [0, 0.1) is 0 Å². The first-order valence-corrected chi connectivity index (χ1v) is 5.05. The molecule has 0 bridgehead atoms. The molecular formula is C10H11N3O2. The quantitative estimate of drug-likeness (QED) is 0.782. The van der Waals surface area contributed by atoms with Crippen molar-refractivity contribution in [2.24, 2.45) is 0 Å². The Hall–Kier alpha value is -1.78. The van der Waals surface area contributed by atoms with Gasteiger partial charge in [-0.05, 0) is 12.8 Å². The molecular weight excluding hydrogens is 194 g/mol. The van der Waals surface area contributed by atoms with Crippen LogP contribution >= 0.6 is 0 Å². The van der Waals surface area contributed by atoms with Crippen LogP contribution in [0.3, 0.4) is 0 Å². The number of nitrogens with one attached hydrogen (secondary N) is 1. The molecule has 5 heteroatoms. The number of fused-ring (bicyclic) bond motifs is 1. The second-order valence-electron chi connectivity index (χ2n) is 4.00. The second kappa shape index (κ2) is 2.85. The lowest BCUT2D eigenvalue weighted by Crippen LogP contribution is -2.09. The van der Waals surface area contributed by atoms with Gasteiger partial charge in [0.1, 0.15) is 0 Å². The minimum absolute atomic E-state index is 0.0846. The summed E-state index contributed by atoms with van der Waals surface area (Å²) in [4.78, 5) is 14.7. The molecule has 0 unspecified atom stereocenters. The molecule has 2 aromatic heterocycles. The number of H-pyrrole nitrogens is 1. The van der Waals surface area contributed by atoms with Crippen LogP contribution in [0.15, 0.2) is 12.3 Å². The van der Waals surface area contributed by atoms with E-state index in [2.05, 4.69) is 10.1 Å². The van der Waals surface area contributed by atoms with Gasteiger partial charge in [-0.25, -0.2) is 14.3 Å². The molecule has 0 spiro atoms. The third-order valence-electron chi connectivity index (χ3n) is 3.03. The van der Waals surface area contributed by atoms with Crippen LogP contribution in [0.1, 0.15) is 41.4 Å². The van der Waals surface area contributed by atoms with Crippen molar-refractivity contribution in [1.29, 1.82) is 0 Å². The fourth-order valence-electron chi connectivity index (χ4n) is 1.93. The third kappa shape index (κ3) is 1.23. The van der Waals surface area contributed by atoms with E-state index in [-0.39, 0.29) is 5.69 Å². The lowest BCUT2D eigenvalue weighted by atomic mass is 9.83. The van der Waals surface area contributed by atoms with Gasteiger partial charge in [0.2, 0.25) is 0 Å². The monoisotopic (exact) mass is 205 g/mol. The van der Waals surface area contributed by atoms with Crippen LogP contribution in [0.2, 0.25) is 0 Å². The number of carboxylic acids is 1. The van der Waals surface area contributed by atoms with Gasteiger partial charge in [0.25, 0.3) is 0 Å². The lowest BCUT2D eigenvalue weighted by Gasteiger charge is -2.23. The molecule has 0 aromatic carbocycles. The van der Waals surface area contributed by atoms with Crippen molar-refractivity contribution in [2.45, 2.75) is 25.2 Å². The predicted octanol–water partition coefficient (Wildman–Crippen LogP) is 1.63. The van der Waals surface area contributed by atoms with E-state index in [9.17, 15) is 4.79 Å². The molecule has 3 rings (SSSR count). The van der Waals surface area contributed by atoms with Gasteiger partial charge in [-0.1, -0.05) is 6.42 Å². The Kier molecular flexibility index (Phi) is 1.62. The van der Waals surface area contributed by atoms with Gasteiger partial charge in [-0.15, -0.1) is 0 Å². The molecule has 0 radical (unpaired) electrons. The topological polar surface area (TPSA) is 70.4 Å². The van der Waals surface area contributed by atoms with Crippen LogP contribution < -0.4 is 0 Å². The molecule has 2 aromatic rings. The van der Waals surface area contributed by atoms with Crippen molar-refractivity contribution >= 4 is 11.6 Å². The Morgan fingerprint density at radius 3 is 2.93 bits per heavy atom. The SMILES string of the molecule is O=C(O)c1cn2[nH]c(C3CCC3)cc2n1. The first-order chi connectivity index (χ1) is 7.24. The Morgan fingerprint density at radius 2 is 2.40 bits per heavy atom. The van der Waals surface area contributed by atoms with Crippen LogP contribution in [0.5, 0.6) is 0 Å². The van der Waals surface area contributed by atoms with Crippen molar-refractivity contribution in [3.63, 3.8) is 0 Å². The zero-order chi connectivity index (χ0) is 10.4. The van der Waals surface area contributed by atoms with Crippen molar-refractivity contribution in [3.8, 4) is 0 Å². The molecule has 1 fully saturated rings. The maximum atomic E-state index is 10.7. The maximum Gasteiger partial charge on any atom is 0.356 e. The first kappa shape index (κ1) is 8.52. The van der Waals surface area contributed by atoms with E-state index in [1.54, 1.807) is 4.52 Å². The molecule has 15 heavy (non-hydrogen) atoms. The summed E-state index contributed by atoms with van der Waals surface area (Å²) in [5.41, 5.74) is 1.94. The molecule has 0 amide bonds. The summed E-state index contributed by atoms with van der Waals surface area (Å²) >= 11 is 0. The van der Waals surface area contributed by atoms with E-state index in [1.165, 1.54) is 31.2 Å². The summed E-state index contributed by atoms with van der Waals surface area (Å²) in [6.07, 6.45) is 5.23. The molecule has 1 aliphatic carbocycles. The van der Waals surface area contributed by atoms with Crippen LogP contribution in [0.25, 0.3) is 5.65 Å². The van der Waals surface area contributed by atoms with E-state index >= 15 is 0 Å². The number of imidazole rings is 1. The fraction of sp³-hybridized carbons (Fsp3) is 0.400. The summed E-state index contributed by atoms with van der Waals surface area (Å²) in [6, 6.07) is 1.94. The number of hydrogen-bond acceptors (Lipinski definition) is 2. The highest BCUT2D eigenvalue weighted by Gasteiger charge is 2.22. The largest absolute Gasteiger partial charge is 0.476 e. The Bertz CT molecular complexity index is 490. The lowest BCUT2D eigenvalue weighted by molar-refractivity contribution is 0.0691. The predicted molar refractivity (Wildman–Crippen MR) is 53.1 cm³/mol. The van der Waals surface area contributed by atoms with E-state index in [4.69, 9.17) is 5.11 Å². The molecule has 5 nitrogen and oxygen atoms in total. The number of rotatable bonds is 2. The smallest absolute Gasteiger partial charge is 0.356 e. The standard InChI is InChI=1S/C10H11N3O2/c14-10(15)8-5-13-9(11-8)4-7(12-13)6-2-1-3-6/h4-6,12H,1-3H2,(H,14,15). The number of nitrogens with zero attached hydrogens (tertiary/aromatic N) is 2. The molecule has 2 N–H and O–H groups in total. The number of aromatic nitrogens is 3. The Labute approximate surface area is 85.7 Å². The van der Waals surface area contributed by atoms with E-state index in [0.29, 0.717) is 11.6 Å². The van der Waals surface area contributed by atoms with Gasteiger partial charge in [0.15, 0.2) is 11.3 Å². The molecule has 2 heterocycles. The van der Waals surface area contributed by atoms with Crippen LogP contribution in [-0.2, 0) is 0 Å². The minimum atomic E-state index is -0.989. The van der Waals surface area contributed by atoms with Crippen LogP contribution in [-0.4, -0.2) is 25.7 Å². The van der Waals surface area contributed by atoms with Crippen molar-refractivity contribution in [1.82, 2.24) is 14.6 Å².